The van der Waals surface area contributed by atoms with Gasteiger partial charge in [0.25, 0.3) is 5.56 Å². The van der Waals surface area contributed by atoms with Crippen LogP contribution in [0.25, 0.3) is 11.2 Å². The number of rotatable bonds is 3. The molecule has 9 heteroatoms. The van der Waals surface area contributed by atoms with E-state index < -0.39 is 18.4 Å². The molecule has 0 bridgehead atoms. The van der Waals surface area contributed by atoms with E-state index in [2.05, 4.69) is 15.0 Å². The van der Waals surface area contributed by atoms with Gasteiger partial charge in [0.15, 0.2) is 11.2 Å². The first-order valence-corrected chi connectivity index (χ1v) is 7.08. The van der Waals surface area contributed by atoms with Crippen molar-refractivity contribution in [1.82, 2.24) is 19.5 Å². The van der Waals surface area contributed by atoms with Crippen LogP contribution in [-0.2, 0) is 4.74 Å². The van der Waals surface area contributed by atoms with E-state index >= 15 is 0 Å². The summed E-state index contributed by atoms with van der Waals surface area (Å²) in [6, 6.07) is 0. The monoisotopic (exact) mass is 309 g/mol. The number of anilines is 1. The third-order valence-corrected chi connectivity index (χ3v) is 3.72. The van der Waals surface area contributed by atoms with Gasteiger partial charge in [-0.15, -0.1) is 0 Å². The highest BCUT2D eigenvalue weighted by atomic mass is 16.5. The molecule has 3 rings (SSSR count). The Morgan fingerprint density at radius 3 is 2.95 bits per heavy atom. The van der Waals surface area contributed by atoms with Crippen molar-refractivity contribution in [3.63, 3.8) is 0 Å². The summed E-state index contributed by atoms with van der Waals surface area (Å²) in [5, 5.41) is 19.1. The summed E-state index contributed by atoms with van der Waals surface area (Å²) in [6.07, 6.45) is 0.569. The number of aromatic nitrogens is 4. The molecule has 0 radical (unpaired) electrons. The quantitative estimate of drug-likeness (QED) is 0.680. The van der Waals surface area contributed by atoms with Gasteiger partial charge in [-0.1, -0.05) is 0 Å². The van der Waals surface area contributed by atoms with Gasteiger partial charge < -0.3 is 19.8 Å². The van der Waals surface area contributed by atoms with Gasteiger partial charge in [0.1, 0.15) is 6.23 Å². The molecule has 22 heavy (non-hydrogen) atoms. The van der Waals surface area contributed by atoms with E-state index in [0.717, 1.165) is 0 Å². The molecule has 3 atom stereocenters. The second-order valence-corrected chi connectivity index (χ2v) is 5.63. The Balaban J connectivity index is 2.03. The summed E-state index contributed by atoms with van der Waals surface area (Å²) in [5.74, 6) is 0.417. The molecule has 120 valence electrons. The molecule has 2 aromatic rings. The third kappa shape index (κ3) is 2.58. The van der Waals surface area contributed by atoms with Gasteiger partial charge >= 0.3 is 0 Å². The number of ether oxygens (including phenoxy) is 1. The lowest BCUT2D eigenvalue weighted by molar-refractivity contribution is -0.140. The lowest BCUT2D eigenvalue weighted by Gasteiger charge is -2.32. The SMILES string of the molecule is CN(C)c1nc2ncn(C3CC(O)CC(CO)O3)c2c(=O)[nH]1. The van der Waals surface area contributed by atoms with Gasteiger partial charge in [-0.05, 0) is 0 Å². The topological polar surface area (TPSA) is 116 Å². The number of imidazole rings is 1. The number of aliphatic hydroxyl groups excluding tert-OH is 2. The molecule has 0 aliphatic carbocycles. The molecule has 0 aromatic carbocycles. The molecular formula is C13H19N5O4. The van der Waals surface area contributed by atoms with Crippen LogP contribution in [0.4, 0.5) is 5.95 Å². The summed E-state index contributed by atoms with van der Waals surface area (Å²) < 4.78 is 7.27. The molecule has 3 heterocycles. The highest BCUT2D eigenvalue weighted by molar-refractivity contribution is 5.71. The van der Waals surface area contributed by atoms with E-state index in [4.69, 9.17) is 4.74 Å². The lowest BCUT2D eigenvalue weighted by Crippen LogP contribution is -2.36. The number of nitrogens with zero attached hydrogens (tertiary/aromatic N) is 4. The maximum absolute atomic E-state index is 12.3. The van der Waals surface area contributed by atoms with Crippen molar-refractivity contribution in [1.29, 1.82) is 0 Å². The first kappa shape index (κ1) is 14.9. The molecule has 1 aliphatic heterocycles. The van der Waals surface area contributed by atoms with Crippen LogP contribution >= 0.6 is 0 Å². The fourth-order valence-corrected chi connectivity index (χ4v) is 2.63. The highest BCUT2D eigenvalue weighted by Gasteiger charge is 2.30. The second kappa shape index (κ2) is 5.67. The maximum atomic E-state index is 12.3. The van der Waals surface area contributed by atoms with Gasteiger partial charge in [0, 0.05) is 26.9 Å². The van der Waals surface area contributed by atoms with Crippen molar-refractivity contribution in [2.75, 3.05) is 25.6 Å². The van der Waals surface area contributed by atoms with Crippen molar-refractivity contribution in [2.45, 2.75) is 31.3 Å². The van der Waals surface area contributed by atoms with E-state index in [9.17, 15) is 15.0 Å². The van der Waals surface area contributed by atoms with E-state index in [1.807, 2.05) is 0 Å². The molecule has 0 spiro atoms. The van der Waals surface area contributed by atoms with Gasteiger partial charge in [-0.25, -0.2) is 4.98 Å². The Hall–Kier alpha value is -1.97. The van der Waals surface area contributed by atoms with Crippen molar-refractivity contribution in [3.05, 3.63) is 16.7 Å². The average molecular weight is 309 g/mol. The highest BCUT2D eigenvalue weighted by Crippen LogP contribution is 2.28. The predicted molar refractivity (Wildman–Crippen MR) is 78.7 cm³/mol. The smallest absolute Gasteiger partial charge is 0.278 e. The number of H-pyrrole nitrogens is 1. The van der Waals surface area contributed by atoms with Crippen LogP contribution in [0.3, 0.4) is 0 Å². The zero-order valence-corrected chi connectivity index (χ0v) is 12.4. The molecule has 2 aromatic heterocycles. The minimum atomic E-state index is -0.596. The molecule has 3 unspecified atom stereocenters. The first-order valence-electron chi connectivity index (χ1n) is 7.08. The standard InChI is InChI=1S/C13H19N5O4/c1-17(2)13-15-11-10(12(21)16-13)18(6-14-11)9-4-7(20)3-8(5-19)22-9/h6-9,19-20H,3-5H2,1-2H3,(H,15,16,21). The maximum Gasteiger partial charge on any atom is 0.278 e. The first-order chi connectivity index (χ1) is 10.5. The average Bonchev–Trinajstić information content (AvgIpc) is 2.91. The molecule has 3 N–H and O–H groups in total. The Bertz CT molecular complexity index is 725. The van der Waals surface area contributed by atoms with Gasteiger partial charge in [0.05, 0.1) is 25.1 Å². The van der Waals surface area contributed by atoms with Crippen molar-refractivity contribution in [2.24, 2.45) is 0 Å². The van der Waals surface area contributed by atoms with Gasteiger partial charge in [-0.3, -0.25) is 14.3 Å². The number of aromatic amines is 1. The van der Waals surface area contributed by atoms with Gasteiger partial charge in [0.2, 0.25) is 5.95 Å². The van der Waals surface area contributed by atoms with Crippen molar-refractivity contribution < 1.29 is 14.9 Å². The van der Waals surface area contributed by atoms with Crippen LogP contribution in [-0.4, -0.2) is 62.6 Å². The largest absolute Gasteiger partial charge is 0.394 e. The van der Waals surface area contributed by atoms with E-state index in [1.165, 1.54) is 6.33 Å². The zero-order chi connectivity index (χ0) is 15.9. The summed E-state index contributed by atoms with van der Waals surface area (Å²) >= 11 is 0. The Morgan fingerprint density at radius 2 is 2.27 bits per heavy atom. The van der Waals surface area contributed by atoms with E-state index in [0.29, 0.717) is 30.0 Å². The number of hydrogen-bond acceptors (Lipinski definition) is 7. The van der Waals surface area contributed by atoms with E-state index in [1.54, 1.807) is 23.6 Å². The van der Waals surface area contributed by atoms with Crippen LogP contribution in [0.1, 0.15) is 19.1 Å². The minimum absolute atomic E-state index is 0.181. The normalized spacial score (nSPS) is 25.5. The number of nitrogens with one attached hydrogen (secondary N) is 1. The summed E-state index contributed by atoms with van der Waals surface area (Å²) in [5.41, 5.74) is 0.286. The molecule has 1 saturated heterocycles. The van der Waals surface area contributed by atoms with Crippen LogP contribution < -0.4 is 10.5 Å². The summed E-state index contributed by atoms with van der Waals surface area (Å²) in [4.78, 5) is 25.1. The lowest BCUT2D eigenvalue weighted by atomic mass is 10.0. The fourth-order valence-electron chi connectivity index (χ4n) is 2.63. The predicted octanol–water partition coefficient (Wildman–Crippen LogP) is -0.784. The van der Waals surface area contributed by atoms with Crippen LogP contribution in [0, 0.1) is 0 Å². The molecule has 1 fully saturated rings. The summed E-state index contributed by atoms with van der Waals surface area (Å²) in [7, 11) is 3.54. The van der Waals surface area contributed by atoms with Crippen molar-refractivity contribution >= 4 is 17.1 Å². The molecular weight excluding hydrogens is 290 g/mol. The number of hydrogen-bond donors (Lipinski definition) is 3. The fraction of sp³-hybridized carbons (Fsp3) is 0.615. The van der Waals surface area contributed by atoms with Crippen LogP contribution in [0.5, 0.6) is 0 Å². The summed E-state index contributed by atoms with van der Waals surface area (Å²) in [6.45, 7) is -0.181. The Morgan fingerprint density at radius 1 is 1.50 bits per heavy atom. The number of aliphatic hydroxyl groups is 2. The van der Waals surface area contributed by atoms with Crippen LogP contribution in [0.15, 0.2) is 11.1 Å². The third-order valence-electron chi connectivity index (χ3n) is 3.72. The molecule has 0 amide bonds. The van der Waals surface area contributed by atoms with E-state index in [-0.39, 0.29) is 12.2 Å². The Kier molecular flexibility index (Phi) is 3.85. The van der Waals surface area contributed by atoms with Crippen LogP contribution in [0.2, 0.25) is 0 Å². The zero-order valence-electron chi connectivity index (χ0n) is 12.4. The molecule has 9 nitrogen and oxygen atoms in total. The minimum Gasteiger partial charge on any atom is -0.394 e. The Labute approximate surface area is 126 Å². The van der Waals surface area contributed by atoms with Gasteiger partial charge in [-0.2, -0.15) is 4.98 Å². The van der Waals surface area contributed by atoms with Crippen molar-refractivity contribution in [3.8, 4) is 0 Å². The number of fused-ring (bicyclic) bond motifs is 1. The second-order valence-electron chi connectivity index (χ2n) is 5.63. The molecule has 1 aliphatic rings. The molecule has 0 saturated carbocycles.